The summed E-state index contributed by atoms with van der Waals surface area (Å²) in [6.07, 6.45) is 1.25. The zero-order valence-electron chi connectivity index (χ0n) is 21.1. The van der Waals surface area contributed by atoms with Gasteiger partial charge in [-0.05, 0) is 35.6 Å². The van der Waals surface area contributed by atoms with Crippen LogP contribution in [0.25, 0.3) is 0 Å². The molecule has 0 unspecified atom stereocenters. The Morgan fingerprint density at radius 1 is 0.886 bits per heavy atom. The molecule has 0 aliphatic carbocycles. The van der Waals surface area contributed by atoms with Crippen LogP contribution in [0.15, 0.2) is 48.5 Å². The predicted molar refractivity (Wildman–Crippen MR) is 138 cm³/mol. The summed E-state index contributed by atoms with van der Waals surface area (Å²) in [6.45, 7) is 9.56. The van der Waals surface area contributed by atoms with Crippen LogP contribution < -0.4 is 10.2 Å². The maximum absolute atomic E-state index is 13.2. The molecule has 0 atom stereocenters. The number of fused-ring (bicyclic) bond motifs is 2. The van der Waals surface area contributed by atoms with Gasteiger partial charge in [0.2, 0.25) is 11.8 Å². The highest BCUT2D eigenvalue weighted by Gasteiger charge is 2.21. The van der Waals surface area contributed by atoms with Gasteiger partial charge in [-0.3, -0.25) is 9.59 Å². The van der Waals surface area contributed by atoms with Crippen LogP contribution in [-0.4, -0.2) is 44.8 Å². The zero-order chi connectivity index (χ0) is 25.1. The number of nitrogens with zero attached hydrogens (tertiary/aromatic N) is 1. The highest BCUT2D eigenvalue weighted by atomic mass is 16.5. The third-order valence-electron chi connectivity index (χ3n) is 5.68. The number of benzene rings is 2. The Kier molecular flexibility index (Phi) is 9.89. The molecule has 2 amide bonds. The van der Waals surface area contributed by atoms with E-state index in [0.29, 0.717) is 32.9 Å². The summed E-state index contributed by atoms with van der Waals surface area (Å²) in [5.41, 5.74) is 3.75. The van der Waals surface area contributed by atoms with Crippen LogP contribution in [0, 0.1) is 17.3 Å². The van der Waals surface area contributed by atoms with Crippen LogP contribution in [0.1, 0.15) is 56.7 Å². The summed E-state index contributed by atoms with van der Waals surface area (Å²) in [6, 6.07) is 15.5. The van der Waals surface area contributed by atoms with Gasteiger partial charge in [0.05, 0.1) is 32.1 Å². The molecule has 3 rings (SSSR count). The number of rotatable bonds is 11. The highest BCUT2D eigenvalue weighted by Crippen LogP contribution is 2.26. The standard InChI is InChI=1S/C29H36N2O4/c1-29(2,3)16-18-34-20-21-35-19-17-30-27(32)14-15-28(33)31-22-25-10-5-4-8-23(25)12-13-24-9-6-7-11-26(24)31/h4-11H,14-22H2,1-3H3,(H,30,32). The summed E-state index contributed by atoms with van der Waals surface area (Å²) in [5.74, 6) is 6.13. The molecular weight excluding hydrogens is 440 g/mol. The lowest BCUT2D eigenvalue weighted by Gasteiger charge is -2.26. The summed E-state index contributed by atoms with van der Waals surface area (Å²) in [7, 11) is 0. The number of nitrogens with one attached hydrogen (secondary N) is 1. The molecule has 2 aromatic carbocycles. The highest BCUT2D eigenvalue weighted by molar-refractivity contribution is 5.96. The molecule has 1 aliphatic rings. The Hall–Kier alpha value is -3.14. The van der Waals surface area contributed by atoms with E-state index in [2.05, 4.69) is 37.9 Å². The molecule has 0 saturated carbocycles. The van der Waals surface area contributed by atoms with Crippen molar-refractivity contribution in [2.75, 3.05) is 37.9 Å². The molecule has 1 N–H and O–H groups in total. The van der Waals surface area contributed by atoms with E-state index < -0.39 is 0 Å². The van der Waals surface area contributed by atoms with E-state index in [1.54, 1.807) is 4.90 Å². The average Bonchev–Trinajstić information content (AvgIpc) is 2.82. The van der Waals surface area contributed by atoms with E-state index in [0.717, 1.165) is 35.4 Å². The fraction of sp³-hybridized carbons (Fsp3) is 0.448. The molecule has 0 radical (unpaired) electrons. The van der Waals surface area contributed by atoms with Crippen LogP contribution in [0.5, 0.6) is 0 Å². The van der Waals surface area contributed by atoms with E-state index in [1.807, 2.05) is 48.5 Å². The fourth-order valence-electron chi connectivity index (χ4n) is 3.61. The molecule has 6 nitrogen and oxygen atoms in total. The summed E-state index contributed by atoms with van der Waals surface area (Å²) < 4.78 is 11.1. The summed E-state index contributed by atoms with van der Waals surface area (Å²) in [4.78, 5) is 27.2. The Morgan fingerprint density at radius 2 is 1.54 bits per heavy atom. The minimum Gasteiger partial charge on any atom is -0.379 e. The Bertz CT molecular complexity index is 1060. The first-order chi connectivity index (χ1) is 16.8. The molecule has 0 fully saturated rings. The predicted octanol–water partition coefficient (Wildman–Crippen LogP) is 4.30. The number of hydrogen-bond donors (Lipinski definition) is 1. The van der Waals surface area contributed by atoms with Gasteiger partial charge in [0.15, 0.2) is 0 Å². The molecule has 35 heavy (non-hydrogen) atoms. The molecule has 0 aromatic heterocycles. The van der Waals surface area contributed by atoms with E-state index in [-0.39, 0.29) is 30.1 Å². The van der Waals surface area contributed by atoms with Gasteiger partial charge >= 0.3 is 0 Å². The number of para-hydroxylation sites is 1. The van der Waals surface area contributed by atoms with Crippen molar-refractivity contribution in [3.05, 3.63) is 65.2 Å². The maximum atomic E-state index is 13.2. The van der Waals surface area contributed by atoms with Gasteiger partial charge in [0, 0.05) is 37.1 Å². The molecule has 186 valence electrons. The molecule has 2 aromatic rings. The Labute approximate surface area is 209 Å². The quantitative estimate of drug-likeness (QED) is 0.388. The first kappa shape index (κ1) is 26.5. The van der Waals surface area contributed by atoms with Crippen molar-refractivity contribution in [1.82, 2.24) is 5.32 Å². The van der Waals surface area contributed by atoms with Gasteiger partial charge in [0.25, 0.3) is 0 Å². The lowest BCUT2D eigenvalue weighted by molar-refractivity contribution is -0.125. The molecular formula is C29H36N2O4. The second-order valence-corrected chi connectivity index (χ2v) is 9.79. The number of anilines is 1. The third-order valence-corrected chi connectivity index (χ3v) is 5.68. The topological polar surface area (TPSA) is 67.9 Å². The third kappa shape index (κ3) is 8.86. The summed E-state index contributed by atoms with van der Waals surface area (Å²) in [5, 5.41) is 2.82. The molecule has 6 heteroatoms. The smallest absolute Gasteiger partial charge is 0.227 e. The first-order valence-corrected chi connectivity index (χ1v) is 12.2. The van der Waals surface area contributed by atoms with Crippen LogP contribution in [0.2, 0.25) is 0 Å². The second-order valence-electron chi connectivity index (χ2n) is 9.79. The van der Waals surface area contributed by atoms with Crippen LogP contribution in [-0.2, 0) is 25.6 Å². The lowest BCUT2D eigenvalue weighted by atomic mass is 9.93. The normalized spacial score (nSPS) is 12.5. The van der Waals surface area contributed by atoms with E-state index in [4.69, 9.17) is 9.47 Å². The number of hydrogen-bond acceptors (Lipinski definition) is 4. The van der Waals surface area contributed by atoms with Crippen molar-refractivity contribution < 1.29 is 19.1 Å². The minimum absolute atomic E-state index is 0.102. The van der Waals surface area contributed by atoms with Crippen molar-refractivity contribution in [2.45, 2.75) is 46.6 Å². The number of carbonyl (C=O) groups is 2. The van der Waals surface area contributed by atoms with E-state index in [1.165, 1.54) is 0 Å². The second kappa shape index (κ2) is 13.1. The maximum Gasteiger partial charge on any atom is 0.227 e. The Morgan fingerprint density at radius 3 is 2.31 bits per heavy atom. The molecule has 0 bridgehead atoms. The molecule has 0 spiro atoms. The van der Waals surface area contributed by atoms with Crippen molar-refractivity contribution in [3.8, 4) is 11.8 Å². The van der Waals surface area contributed by atoms with E-state index >= 15 is 0 Å². The molecule has 1 aliphatic heterocycles. The molecule has 0 saturated heterocycles. The number of amides is 2. The monoisotopic (exact) mass is 476 g/mol. The van der Waals surface area contributed by atoms with Crippen LogP contribution >= 0.6 is 0 Å². The minimum atomic E-state index is -0.163. The lowest BCUT2D eigenvalue weighted by Crippen LogP contribution is -2.34. The van der Waals surface area contributed by atoms with Crippen molar-refractivity contribution >= 4 is 17.5 Å². The van der Waals surface area contributed by atoms with Crippen molar-refractivity contribution in [2.24, 2.45) is 5.41 Å². The zero-order valence-corrected chi connectivity index (χ0v) is 21.1. The average molecular weight is 477 g/mol. The van der Waals surface area contributed by atoms with Crippen molar-refractivity contribution in [1.29, 1.82) is 0 Å². The Balaban J connectivity index is 1.42. The van der Waals surface area contributed by atoms with Crippen molar-refractivity contribution in [3.63, 3.8) is 0 Å². The summed E-state index contributed by atoms with van der Waals surface area (Å²) >= 11 is 0. The molecule has 1 heterocycles. The first-order valence-electron chi connectivity index (χ1n) is 12.2. The fourth-order valence-corrected chi connectivity index (χ4v) is 3.61. The van der Waals surface area contributed by atoms with Crippen LogP contribution in [0.3, 0.4) is 0 Å². The van der Waals surface area contributed by atoms with Gasteiger partial charge in [0.1, 0.15) is 0 Å². The number of ether oxygens (including phenoxy) is 2. The largest absolute Gasteiger partial charge is 0.379 e. The van der Waals surface area contributed by atoms with Gasteiger partial charge in [-0.1, -0.05) is 62.9 Å². The van der Waals surface area contributed by atoms with Gasteiger partial charge in [-0.2, -0.15) is 0 Å². The van der Waals surface area contributed by atoms with Gasteiger partial charge in [-0.15, -0.1) is 0 Å². The number of carbonyl (C=O) groups excluding carboxylic acids is 2. The van der Waals surface area contributed by atoms with Crippen LogP contribution in [0.4, 0.5) is 5.69 Å². The SMILES string of the molecule is CC(C)(C)CCOCCOCCNC(=O)CCC(=O)N1Cc2ccccc2C#Cc2ccccc21. The van der Waals surface area contributed by atoms with E-state index in [9.17, 15) is 9.59 Å². The van der Waals surface area contributed by atoms with Gasteiger partial charge < -0.3 is 19.7 Å². The van der Waals surface area contributed by atoms with Gasteiger partial charge in [-0.25, -0.2) is 0 Å².